The molecule has 1 rings (SSSR count). The molecule has 0 aliphatic carbocycles. The van der Waals surface area contributed by atoms with Crippen molar-refractivity contribution < 1.29 is 17.6 Å². The summed E-state index contributed by atoms with van der Waals surface area (Å²) in [7, 11) is 0. The van der Waals surface area contributed by atoms with Crippen molar-refractivity contribution in [1.82, 2.24) is 10.2 Å². The first-order valence-electron chi connectivity index (χ1n) is 5.20. The summed E-state index contributed by atoms with van der Waals surface area (Å²) in [5, 5.41) is 9.44. The fourth-order valence-electron chi connectivity index (χ4n) is 1.31. The second-order valence-electron chi connectivity index (χ2n) is 3.91. The molecular formula is C10H12F4N4S. The summed E-state index contributed by atoms with van der Waals surface area (Å²) in [5.74, 6) is -4.30. The van der Waals surface area contributed by atoms with Gasteiger partial charge >= 0.3 is 12.3 Å². The lowest BCUT2D eigenvalue weighted by molar-refractivity contribution is -0.117. The van der Waals surface area contributed by atoms with Crippen molar-refractivity contribution in [2.45, 2.75) is 26.2 Å². The maximum Gasteiger partial charge on any atom is 0.324 e. The molecule has 0 fully saturated rings. The van der Waals surface area contributed by atoms with Crippen LogP contribution in [0.3, 0.4) is 0 Å². The third-order valence-corrected chi connectivity index (χ3v) is 2.72. The van der Waals surface area contributed by atoms with E-state index in [1.807, 2.05) is 0 Å². The molecule has 19 heavy (non-hydrogen) atoms. The normalized spacial score (nSPS) is 11.7. The van der Waals surface area contributed by atoms with Crippen molar-refractivity contribution in [2.24, 2.45) is 5.73 Å². The molecule has 0 aromatic carbocycles. The van der Waals surface area contributed by atoms with Crippen LogP contribution in [0.2, 0.25) is 0 Å². The quantitative estimate of drug-likeness (QED) is 0.643. The lowest BCUT2D eigenvalue weighted by Crippen LogP contribution is -2.35. The predicted molar refractivity (Wildman–Crippen MR) is 66.8 cm³/mol. The summed E-state index contributed by atoms with van der Waals surface area (Å²) < 4.78 is 49.7. The number of rotatable bonds is 5. The van der Waals surface area contributed by atoms with Crippen LogP contribution < -0.4 is 11.1 Å². The minimum atomic E-state index is -4.17. The van der Waals surface area contributed by atoms with Gasteiger partial charge in [-0.2, -0.15) is 13.9 Å². The van der Waals surface area contributed by atoms with E-state index in [4.69, 9.17) is 18.0 Å². The summed E-state index contributed by atoms with van der Waals surface area (Å²) in [6, 6.07) is 0. The summed E-state index contributed by atoms with van der Waals surface area (Å²) in [6.07, 6.45) is -3.77. The van der Waals surface area contributed by atoms with E-state index >= 15 is 0 Å². The van der Waals surface area contributed by atoms with Gasteiger partial charge in [-0.15, -0.1) is 5.10 Å². The van der Waals surface area contributed by atoms with Gasteiger partial charge in [0, 0.05) is 0 Å². The van der Waals surface area contributed by atoms with E-state index in [1.165, 1.54) is 0 Å². The van der Waals surface area contributed by atoms with Crippen LogP contribution in [0, 0.1) is 13.8 Å². The number of hydrogen-bond donors (Lipinski definition) is 2. The highest BCUT2D eigenvalue weighted by Gasteiger charge is 2.40. The molecule has 3 N–H and O–H groups in total. The van der Waals surface area contributed by atoms with Gasteiger partial charge in [0.1, 0.15) is 4.99 Å². The van der Waals surface area contributed by atoms with Crippen molar-refractivity contribution in [3.63, 3.8) is 0 Å². The van der Waals surface area contributed by atoms with E-state index < -0.39 is 18.9 Å². The third-order valence-electron chi connectivity index (χ3n) is 2.51. The summed E-state index contributed by atoms with van der Waals surface area (Å²) in [5.41, 5.74) is 6.78. The standard InChI is InChI=1S/C10H12F4N4S/c1-4-5(2)17-18-8(6(4)7(15)19)16-3-10(13,14)9(11)12/h9H,3H2,1-2H3,(H2,15,19)(H,16,18). The van der Waals surface area contributed by atoms with Gasteiger partial charge in [0.15, 0.2) is 5.82 Å². The molecule has 106 valence electrons. The van der Waals surface area contributed by atoms with Crippen molar-refractivity contribution >= 4 is 23.0 Å². The number of aromatic nitrogens is 2. The van der Waals surface area contributed by atoms with Gasteiger partial charge in [-0.3, -0.25) is 0 Å². The number of anilines is 1. The van der Waals surface area contributed by atoms with E-state index in [0.29, 0.717) is 11.3 Å². The first-order chi connectivity index (χ1) is 8.66. The number of halogens is 4. The van der Waals surface area contributed by atoms with Crippen molar-refractivity contribution in [2.75, 3.05) is 11.9 Å². The fourth-order valence-corrected chi connectivity index (χ4v) is 1.56. The Morgan fingerprint density at radius 3 is 2.42 bits per heavy atom. The first-order valence-corrected chi connectivity index (χ1v) is 5.61. The second kappa shape index (κ2) is 5.64. The average Bonchev–Trinajstić information content (AvgIpc) is 2.29. The molecule has 1 heterocycles. The Balaban J connectivity index is 3.03. The number of alkyl halides is 4. The number of thiocarbonyl (C=S) groups is 1. The van der Waals surface area contributed by atoms with Crippen LogP contribution in [-0.4, -0.2) is 34.1 Å². The Kier molecular flexibility index (Phi) is 4.61. The molecule has 0 unspecified atom stereocenters. The molecule has 0 saturated heterocycles. The number of nitrogens with zero attached hydrogens (tertiary/aromatic N) is 2. The summed E-state index contributed by atoms with van der Waals surface area (Å²) in [6.45, 7) is 1.99. The molecule has 0 atom stereocenters. The predicted octanol–water partition coefficient (Wildman–Crippen LogP) is 2.04. The summed E-state index contributed by atoms with van der Waals surface area (Å²) in [4.78, 5) is -0.0710. The second-order valence-corrected chi connectivity index (χ2v) is 4.35. The topological polar surface area (TPSA) is 63.8 Å². The molecular weight excluding hydrogens is 284 g/mol. The highest BCUT2D eigenvalue weighted by atomic mass is 32.1. The lowest BCUT2D eigenvalue weighted by Gasteiger charge is -2.18. The molecule has 0 aliphatic rings. The average molecular weight is 296 g/mol. The Labute approximate surface area is 112 Å². The van der Waals surface area contributed by atoms with Crippen LogP contribution in [0.1, 0.15) is 16.8 Å². The van der Waals surface area contributed by atoms with Crippen molar-refractivity contribution in [1.29, 1.82) is 0 Å². The molecule has 1 aromatic heterocycles. The van der Waals surface area contributed by atoms with Crippen LogP contribution in [-0.2, 0) is 0 Å². The molecule has 0 saturated carbocycles. The van der Waals surface area contributed by atoms with Gasteiger partial charge in [0.2, 0.25) is 0 Å². The molecule has 4 nitrogen and oxygen atoms in total. The maximum absolute atomic E-state index is 12.8. The Bertz CT molecular complexity index is 493. The molecule has 0 aliphatic heterocycles. The Morgan fingerprint density at radius 2 is 1.95 bits per heavy atom. The Hall–Kier alpha value is -1.51. The van der Waals surface area contributed by atoms with Crippen LogP contribution in [0.15, 0.2) is 0 Å². The zero-order valence-corrected chi connectivity index (χ0v) is 11.0. The molecule has 0 amide bonds. The van der Waals surface area contributed by atoms with Crippen molar-refractivity contribution in [3.05, 3.63) is 16.8 Å². The van der Waals surface area contributed by atoms with Gasteiger partial charge in [-0.05, 0) is 19.4 Å². The van der Waals surface area contributed by atoms with Crippen LogP contribution in [0.5, 0.6) is 0 Å². The summed E-state index contributed by atoms with van der Waals surface area (Å²) >= 11 is 4.79. The van der Waals surface area contributed by atoms with Crippen LogP contribution in [0.4, 0.5) is 23.4 Å². The largest absolute Gasteiger partial charge is 0.389 e. The number of aryl methyl sites for hydroxylation is 1. The zero-order chi connectivity index (χ0) is 14.8. The molecule has 9 heteroatoms. The van der Waals surface area contributed by atoms with Crippen molar-refractivity contribution in [3.8, 4) is 0 Å². The van der Waals surface area contributed by atoms with E-state index in [2.05, 4.69) is 15.5 Å². The zero-order valence-electron chi connectivity index (χ0n) is 10.2. The van der Waals surface area contributed by atoms with Gasteiger partial charge in [-0.1, -0.05) is 12.2 Å². The number of hydrogen-bond acceptors (Lipinski definition) is 4. The van der Waals surface area contributed by atoms with E-state index in [0.717, 1.165) is 0 Å². The molecule has 0 radical (unpaired) electrons. The third kappa shape index (κ3) is 3.49. The van der Waals surface area contributed by atoms with Gasteiger partial charge in [0.25, 0.3) is 0 Å². The SMILES string of the molecule is Cc1nnc(NCC(F)(F)C(F)F)c(C(N)=S)c1C. The molecule has 1 aromatic rings. The Morgan fingerprint density at radius 1 is 1.37 bits per heavy atom. The monoisotopic (exact) mass is 296 g/mol. The van der Waals surface area contributed by atoms with E-state index in [1.54, 1.807) is 13.8 Å². The number of nitrogens with one attached hydrogen (secondary N) is 1. The smallest absolute Gasteiger partial charge is 0.324 e. The maximum atomic E-state index is 12.8. The minimum Gasteiger partial charge on any atom is -0.389 e. The van der Waals surface area contributed by atoms with Crippen LogP contribution >= 0.6 is 12.2 Å². The van der Waals surface area contributed by atoms with E-state index in [9.17, 15) is 17.6 Å². The van der Waals surface area contributed by atoms with Gasteiger partial charge < -0.3 is 11.1 Å². The highest BCUT2D eigenvalue weighted by Crippen LogP contribution is 2.24. The first kappa shape index (κ1) is 15.5. The molecule has 0 bridgehead atoms. The van der Waals surface area contributed by atoms with Crippen LogP contribution in [0.25, 0.3) is 0 Å². The minimum absolute atomic E-state index is 0.0710. The van der Waals surface area contributed by atoms with Gasteiger partial charge in [0.05, 0.1) is 17.8 Å². The number of nitrogens with two attached hydrogens (primary N) is 1. The van der Waals surface area contributed by atoms with Gasteiger partial charge in [-0.25, -0.2) is 8.78 Å². The fraction of sp³-hybridized carbons (Fsp3) is 0.500. The lowest BCUT2D eigenvalue weighted by atomic mass is 10.1. The van der Waals surface area contributed by atoms with E-state index in [-0.39, 0.29) is 16.4 Å². The highest BCUT2D eigenvalue weighted by molar-refractivity contribution is 7.80. The molecule has 0 spiro atoms.